The second-order valence-corrected chi connectivity index (χ2v) is 6.17. The van der Waals surface area contributed by atoms with Crippen molar-refractivity contribution in [2.45, 2.75) is 52.7 Å². The number of hydrogen-bond acceptors (Lipinski definition) is 4. The zero-order chi connectivity index (χ0) is 18.0. The summed E-state index contributed by atoms with van der Waals surface area (Å²) < 4.78 is 13.7. The van der Waals surface area contributed by atoms with Crippen LogP contribution in [0.1, 0.15) is 52.6 Å². The van der Waals surface area contributed by atoms with Gasteiger partial charge in [0.25, 0.3) is 0 Å². The molecule has 23 heavy (non-hydrogen) atoms. The minimum absolute atomic E-state index is 0.0271. The normalized spacial score (nSPS) is 13.0. The maximum absolute atomic E-state index is 13.7. The highest BCUT2D eigenvalue weighted by Crippen LogP contribution is 2.21. The topological polar surface area (TPSA) is 61.7 Å². The Labute approximate surface area is 142 Å². The molecule has 0 unspecified atom stereocenters. The van der Waals surface area contributed by atoms with Gasteiger partial charge in [-0.2, -0.15) is 0 Å². The predicted molar refractivity (Wildman–Crippen MR) is 96.2 cm³/mol. The lowest BCUT2D eigenvalue weighted by Crippen LogP contribution is -2.35. The van der Waals surface area contributed by atoms with Crippen molar-refractivity contribution in [2.75, 3.05) is 6.26 Å². The van der Waals surface area contributed by atoms with Crippen LogP contribution in [-0.2, 0) is 4.79 Å². The van der Waals surface area contributed by atoms with E-state index in [4.69, 9.17) is 0 Å². The van der Waals surface area contributed by atoms with E-state index in [9.17, 15) is 14.3 Å². The van der Waals surface area contributed by atoms with E-state index in [1.54, 1.807) is 45.2 Å². The van der Waals surface area contributed by atoms with Crippen molar-refractivity contribution < 1.29 is 14.3 Å². The highest BCUT2D eigenvalue weighted by molar-refractivity contribution is 8.13. The summed E-state index contributed by atoms with van der Waals surface area (Å²) in [7, 11) is 0. The monoisotopic (exact) mass is 342 g/mol. The number of amides is 1. The van der Waals surface area contributed by atoms with Crippen molar-refractivity contribution in [3.05, 3.63) is 35.6 Å². The summed E-state index contributed by atoms with van der Waals surface area (Å²) in [6.07, 6.45) is 1.75. The van der Waals surface area contributed by atoms with Gasteiger partial charge in [0.2, 0.25) is 5.91 Å². The number of nitrogens with zero attached hydrogens (tertiary/aromatic N) is 1. The minimum atomic E-state index is -1.08. The molecule has 0 spiro atoms. The molecule has 6 heteroatoms. The fourth-order valence-corrected chi connectivity index (χ4v) is 2.23. The average molecular weight is 342 g/mol. The van der Waals surface area contributed by atoms with Gasteiger partial charge in [-0.05, 0) is 33.1 Å². The molecule has 0 radical (unpaired) electrons. The maximum atomic E-state index is 13.7. The van der Waals surface area contributed by atoms with Crippen LogP contribution in [0.25, 0.3) is 0 Å². The molecular formula is C17H27FN2O2S. The largest absolute Gasteiger partial charge is 0.390 e. The molecule has 1 rings (SSSR count). The van der Waals surface area contributed by atoms with Gasteiger partial charge in [0.05, 0.1) is 18.1 Å². The lowest BCUT2D eigenvalue weighted by atomic mass is 10.1. The number of amidine groups is 1. The number of carbonyl (C=O) groups excluding carboxylic acids is 1. The summed E-state index contributed by atoms with van der Waals surface area (Å²) >= 11 is 1.27. The molecule has 0 saturated heterocycles. The summed E-state index contributed by atoms with van der Waals surface area (Å²) in [5.74, 6) is -0.645. The second kappa shape index (κ2) is 10.4. The molecule has 0 heterocycles. The van der Waals surface area contributed by atoms with Crippen LogP contribution < -0.4 is 5.32 Å². The Morgan fingerprint density at radius 1 is 1.39 bits per heavy atom. The predicted octanol–water partition coefficient (Wildman–Crippen LogP) is 3.91. The van der Waals surface area contributed by atoms with Gasteiger partial charge in [-0.15, -0.1) is 0 Å². The number of halogens is 1. The SMILES string of the molecule is CC.CSC(=N[C@@H](C)c1ccccc1F)NC(=O)CC(C)(C)O. The molecule has 1 aromatic carbocycles. The van der Waals surface area contributed by atoms with Crippen LogP contribution in [0.15, 0.2) is 29.3 Å². The van der Waals surface area contributed by atoms with E-state index in [2.05, 4.69) is 10.3 Å². The van der Waals surface area contributed by atoms with Crippen molar-refractivity contribution in [3.63, 3.8) is 0 Å². The van der Waals surface area contributed by atoms with Gasteiger partial charge < -0.3 is 10.4 Å². The van der Waals surface area contributed by atoms with Gasteiger partial charge in [0.1, 0.15) is 5.82 Å². The minimum Gasteiger partial charge on any atom is -0.390 e. The number of rotatable bonds is 4. The zero-order valence-corrected chi connectivity index (χ0v) is 15.5. The van der Waals surface area contributed by atoms with Crippen LogP contribution in [0.5, 0.6) is 0 Å². The highest BCUT2D eigenvalue weighted by atomic mass is 32.2. The number of aliphatic hydroxyl groups is 1. The Kier molecular flexibility index (Phi) is 9.76. The van der Waals surface area contributed by atoms with Gasteiger partial charge in [-0.1, -0.05) is 43.8 Å². The summed E-state index contributed by atoms with van der Waals surface area (Å²) in [4.78, 5) is 16.1. The first-order chi connectivity index (χ1) is 10.7. The van der Waals surface area contributed by atoms with Gasteiger partial charge in [-0.25, -0.2) is 4.39 Å². The van der Waals surface area contributed by atoms with Crippen LogP contribution in [-0.4, -0.2) is 28.0 Å². The third-order valence-electron chi connectivity index (χ3n) is 2.70. The summed E-state index contributed by atoms with van der Waals surface area (Å²) in [6.45, 7) is 8.88. The molecule has 2 N–H and O–H groups in total. The van der Waals surface area contributed by atoms with Crippen molar-refractivity contribution >= 4 is 22.8 Å². The summed E-state index contributed by atoms with van der Waals surface area (Å²) in [5.41, 5.74) is -0.606. The Morgan fingerprint density at radius 3 is 2.43 bits per heavy atom. The van der Waals surface area contributed by atoms with Crippen LogP contribution in [0.4, 0.5) is 4.39 Å². The quantitative estimate of drug-likeness (QED) is 0.644. The second-order valence-electron chi connectivity index (χ2n) is 5.37. The van der Waals surface area contributed by atoms with Crippen molar-refractivity contribution in [2.24, 2.45) is 4.99 Å². The first kappa shape index (κ1) is 21.6. The molecule has 0 aliphatic rings. The lowest BCUT2D eigenvalue weighted by Gasteiger charge is -2.17. The number of aliphatic imine (C=N–C) groups is 1. The smallest absolute Gasteiger partial charge is 0.228 e. The van der Waals surface area contributed by atoms with E-state index in [0.29, 0.717) is 10.7 Å². The molecule has 0 aliphatic carbocycles. The van der Waals surface area contributed by atoms with Gasteiger partial charge in [-0.3, -0.25) is 9.79 Å². The van der Waals surface area contributed by atoms with Crippen molar-refractivity contribution in [1.82, 2.24) is 5.32 Å². The Balaban J connectivity index is 0.00000232. The molecule has 0 saturated carbocycles. The van der Waals surface area contributed by atoms with Crippen LogP contribution in [0.2, 0.25) is 0 Å². The molecule has 0 fully saturated rings. The first-order valence-corrected chi connectivity index (χ1v) is 8.84. The van der Waals surface area contributed by atoms with E-state index in [1.807, 2.05) is 13.8 Å². The number of carbonyl (C=O) groups is 1. The maximum Gasteiger partial charge on any atom is 0.228 e. The summed E-state index contributed by atoms with van der Waals surface area (Å²) in [6, 6.07) is 6.01. The first-order valence-electron chi connectivity index (χ1n) is 7.61. The lowest BCUT2D eigenvalue weighted by molar-refractivity contribution is -0.123. The van der Waals surface area contributed by atoms with Gasteiger partial charge in [0, 0.05) is 5.56 Å². The van der Waals surface area contributed by atoms with E-state index >= 15 is 0 Å². The molecule has 0 aromatic heterocycles. The van der Waals surface area contributed by atoms with E-state index in [0.717, 1.165) is 0 Å². The Morgan fingerprint density at radius 2 is 1.96 bits per heavy atom. The highest BCUT2D eigenvalue weighted by Gasteiger charge is 2.19. The number of thioether (sulfide) groups is 1. The van der Waals surface area contributed by atoms with Crippen molar-refractivity contribution in [3.8, 4) is 0 Å². The van der Waals surface area contributed by atoms with E-state index in [1.165, 1.54) is 17.8 Å². The number of nitrogens with one attached hydrogen (secondary N) is 1. The standard InChI is InChI=1S/C15H21FN2O2S.C2H6/c1-10(11-7-5-6-8-12(11)16)17-14(21-4)18-13(19)9-15(2,3)20;1-2/h5-8,10,20H,9H2,1-4H3,(H,17,18,19);1-2H3/t10-;/m0./s1. The Bertz CT molecular complexity index is 528. The average Bonchev–Trinajstić information content (AvgIpc) is 2.47. The fourth-order valence-electron chi connectivity index (χ4n) is 1.75. The Hall–Kier alpha value is -1.40. The van der Waals surface area contributed by atoms with Gasteiger partial charge >= 0.3 is 0 Å². The van der Waals surface area contributed by atoms with Crippen LogP contribution in [0.3, 0.4) is 0 Å². The summed E-state index contributed by atoms with van der Waals surface area (Å²) in [5, 5.41) is 12.7. The third kappa shape index (κ3) is 8.71. The third-order valence-corrected chi connectivity index (χ3v) is 3.29. The van der Waals surface area contributed by atoms with Crippen LogP contribution >= 0.6 is 11.8 Å². The van der Waals surface area contributed by atoms with Gasteiger partial charge in [0.15, 0.2) is 5.17 Å². The molecule has 0 aliphatic heterocycles. The fraction of sp³-hybridized carbons (Fsp3) is 0.529. The molecule has 4 nitrogen and oxygen atoms in total. The van der Waals surface area contributed by atoms with Crippen LogP contribution in [0, 0.1) is 5.82 Å². The molecule has 1 amide bonds. The number of hydrogen-bond donors (Lipinski definition) is 2. The van der Waals surface area contributed by atoms with E-state index < -0.39 is 11.6 Å². The molecule has 0 bridgehead atoms. The molecule has 1 atom stereocenters. The molecule has 1 aromatic rings. The molecular weight excluding hydrogens is 315 g/mol. The van der Waals surface area contributed by atoms with E-state index in [-0.39, 0.29) is 18.1 Å². The zero-order valence-electron chi connectivity index (χ0n) is 14.7. The number of benzene rings is 1. The molecule has 130 valence electrons. The van der Waals surface area contributed by atoms with Crippen molar-refractivity contribution in [1.29, 1.82) is 0 Å².